The first-order chi connectivity index (χ1) is 14.7. The Hall–Kier alpha value is -2.90. The van der Waals surface area contributed by atoms with Crippen LogP contribution in [0.4, 0.5) is 5.69 Å². The maximum Gasteiger partial charge on any atom is 0.264 e. The van der Waals surface area contributed by atoms with E-state index in [9.17, 15) is 23.3 Å². The van der Waals surface area contributed by atoms with Crippen molar-refractivity contribution in [3.05, 3.63) is 47.7 Å². The van der Waals surface area contributed by atoms with Crippen LogP contribution in [0, 0.1) is 11.3 Å². The van der Waals surface area contributed by atoms with E-state index in [-0.39, 0.29) is 10.8 Å². The van der Waals surface area contributed by atoms with Gasteiger partial charge in [0, 0.05) is 18.3 Å². The van der Waals surface area contributed by atoms with Gasteiger partial charge in [0.2, 0.25) is 11.8 Å². The fraction of sp³-hybridized carbons (Fsp3) is 0.333. The first-order valence-corrected chi connectivity index (χ1v) is 12.1. The molecule has 1 aromatic carbocycles. The Morgan fingerprint density at radius 3 is 2.39 bits per heavy atom. The molecule has 0 bridgehead atoms. The molecule has 1 atom stereocenters. The summed E-state index contributed by atoms with van der Waals surface area (Å²) in [4.78, 5) is 28.2. The van der Waals surface area contributed by atoms with Crippen molar-refractivity contribution in [1.29, 1.82) is 5.26 Å². The molecule has 2 aromatic rings. The van der Waals surface area contributed by atoms with Gasteiger partial charge in [-0.25, -0.2) is 18.1 Å². The Balaban J connectivity index is 2.14. The third-order valence-electron chi connectivity index (χ3n) is 4.17. The molecule has 1 unspecified atom stereocenters. The van der Waals surface area contributed by atoms with Gasteiger partial charge in [-0.1, -0.05) is 32.0 Å². The van der Waals surface area contributed by atoms with Gasteiger partial charge in [-0.3, -0.25) is 9.59 Å². The minimum Gasteiger partial charge on any atom is -0.325 e. The van der Waals surface area contributed by atoms with E-state index in [0.717, 1.165) is 25.5 Å². The number of sulfonamides is 1. The summed E-state index contributed by atoms with van der Waals surface area (Å²) in [6.07, 6.45) is 2.22. The van der Waals surface area contributed by atoms with Gasteiger partial charge in [-0.05, 0) is 49.2 Å². The number of aryl methyl sites for hydroxylation is 1. The zero-order chi connectivity index (χ0) is 23.0. The fourth-order valence-corrected chi connectivity index (χ4v) is 4.70. The molecular weight excluding hydrogens is 436 g/mol. The summed E-state index contributed by atoms with van der Waals surface area (Å²) in [6, 6.07) is 11.2. The second kappa shape index (κ2) is 10.9. The van der Waals surface area contributed by atoms with Crippen LogP contribution >= 0.6 is 11.8 Å². The molecular formula is C21H24N4O4S2. The lowest BCUT2D eigenvalue weighted by molar-refractivity contribution is -0.117. The van der Waals surface area contributed by atoms with Gasteiger partial charge in [0.25, 0.3) is 10.0 Å². The maximum atomic E-state index is 12.8. The van der Waals surface area contributed by atoms with Crippen LogP contribution in [-0.4, -0.2) is 30.5 Å². The van der Waals surface area contributed by atoms with Crippen LogP contribution in [0.5, 0.6) is 0 Å². The number of carbonyl (C=O) groups is 2. The summed E-state index contributed by atoms with van der Waals surface area (Å²) in [5, 5.41) is 12.2. The third-order valence-corrected chi connectivity index (χ3v) is 6.99. The van der Waals surface area contributed by atoms with Crippen LogP contribution in [0.2, 0.25) is 0 Å². The highest BCUT2D eigenvalue weighted by atomic mass is 32.2. The van der Waals surface area contributed by atoms with Crippen molar-refractivity contribution in [3.8, 4) is 6.07 Å². The van der Waals surface area contributed by atoms with Crippen molar-refractivity contribution < 1.29 is 18.0 Å². The highest BCUT2D eigenvalue weighted by Gasteiger charge is 2.21. The fourth-order valence-electron chi connectivity index (χ4n) is 2.69. The van der Waals surface area contributed by atoms with Crippen LogP contribution in [0.3, 0.4) is 0 Å². The lowest BCUT2D eigenvalue weighted by atomic mass is 10.2. The number of thioether (sulfide) groups is 1. The minimum atomic E-state index is -3.94. The van der Waals surface area contributed by atoms with Crippen molar-refractivity contribution in [2.45, 2.75) is 55.2 Å². The number of nitrogens with one attached hydrogen (secondary N) is 2. The first-order valence-electron chi connectivity index (χ1n) is 9.71. The Morgan fingerprint density at radius 1 is 1.16 bits per heavy atom. The molecule has 0 saturated carbocycles. The standard InChI is InChI=1S/C21H24N4O4S2/c1-4-6-16-8-7-15(13-22)21(24-16)30-19(5-2)20(27)23-17-9-11-18(12-10-17)31(28,29)25-14(3)26/h7-12,19H,4-6H2,1-3H3,(H,23,27)(H,25,26). The number of rotatable bonds is 9. The quantitative estimate of drug-likeness (QED) is 0.550. The Kier molecular flexibility index (Phi) is 8.59. The monoisotopic (exact) mass is 460 g/mol. The summed E-state index contributed by atoms with van der Waals surface area (Å²) >= 11 is 1.23. The molecule has 2 amide bonds. The Bertz CT molecular complexity index is 1090. The molecule has 0 fully saturated rings. The molecule has 0 spiro atoms. The van der Waals surface area contributed by atoms with Crippen molar-refractivity contribution in [1.82, 2.24) is 9.71 Å². The van der Waals surface area contributed by atoms with Gasteiger partial charge in [0.15, 0.2) is 0 Å². The molecule has 1 aromatic heterocycles. The first kappa shape index (κ1) is 24.4. The smallest absolute Gasteiger partial charge is 0.264 e. The number of aromatic nitrogens is 1. The SMILES string of the molecule is CCCc1ccc(C#N)c(SC(CC)C(=O)Nc2ccc(S(=O)(=O)NC(C)=O)cc2)n1. The third kappa shape index (κ3) is 6.80. The lowest BCUT2D eigenvalue weighted by Gasteiger charge is -2.16. The van der Waals surface area contributed by atoms with Crippen LogP contribution in [-0.2, 0) is 26.0 Å². The second-order valence-corrected chi connectivity index (χ2v) is 9.58. The van der Waals surface area contributed by atoms with Gasteiger partial charge in [0.05, 0.1) is 15.7 Å². The zero-order valence-corrected chi connectivity index (χ0v) is 19.1. The van der Waals surface area contributed by atoms with E-state index in [1.165, 1.54) is 36.0 Å². The number of anilines is 1. The number of amides is 2. The predicted octanol–water partition coefficient (Wildman–Crippen LogP) is 3.24. The highest BCUT2D eigenvalue weighted by Crippen LogP contribution is 2.28. The molecule has 0 radical (unpaired) electrons. The lowest BCUT2D eigenvalue weighted by Crippen LogP contribution is -2.28. The van der Waals surface area contributed by atoms with Gasteiger partial charge in [0.1, 0.15) is 11.1 Å². The number of pyridine rings is 1. The van der Waals surface area contributed by atoms with Gasteiger partial charge < -0.3 is 5.32 Å². The van der Waals surface area contributed by atoms with Crippen molar-refractivity contribution in [2.75, 3.05) is 5.32 Å². The molecule has 8 nitrogen and oxygen atoms in total. The summed E-state index contributed by atoms with van der Waals surface area (Å²) < 4.78 is 25.9. The van der Waals surface area contributed by atoms with Gasteiger partial charge in [-0.15, -0.1) is 0 Å². The molecule has 1 heterocycles. The predicted molar refractivity (Wildman–Crippen MR) is 119 cm³/mol. The van der Waals surface area contributed by atoms with Crippen LogP contribution < -0.4 is 10.0 Å². The Morgan fingerprint density at radius 2 is 1.84 bits per heavy atom. The van der Waals surface area contributed by atoms with Crippen LogP contribution in [0.1, 0.15) is 44.9 Å². The largest absolute Gasteiger partial charge is 0.325 e. The summed E-state index contributed by atoms with van der Waals surface area (Å²) in [5.41, 5.74) is 1.71. The maximum absolute atomic E-state index is 12.8. The number of hydrogen-bond donors (Lipinski definition) is 2. The van der Waals surface area contributed by atoms with E-state index in [1.807, 2.05) is 24.6 Å². The zero-order valence-electron chi connectivity index (χ0n) is 17.5. The van der Waals surface area contributed by atoms with Gasteiger partial charge in [-0.2, -0.15) is 5.26 Å². The number of hydrogen-bond acceptors (Lipinski definition) is 7. The molecule has 0 saturated heterocycles. The van der Waals surface area contributed by atoms with E-state index < -0.39 is 21.2 Å². The minimum absolute atomic E-state index is 0.0854. The Labute approximate surface area is 186 Å². The summed E-state index contributed by atoms with van der Waals surface area (Å²) in [6.45, 7) is 5.02. The summed E-state index contributed by atoms with van der Waals surface area (Å²) in [5.74, 6) is -0.968. The topological polar surface area (TPSA) is 129 Å². The average Bonchev–Trinajstić information content (AvgIpc) is 2.71. The highest BCUT2D eigenvalue weighted by molar-refractivity contribution is 8.00. The molecule has 0 aliphatic rings. The van der Waals surface area contributed by atoms with E-state index in [2.05, 4.69) is 16.4 Å². The molecule has 10 heteroatoms. The average molecular weight is 461 g/mol. The molecule has 164 valence electrons. The number of benzene rings is 1. The van der Waals surface area contributed by atoms with Crippen molar-refractivity contribution >= 4 is 39.3 Å². The van der Waals surface area contributed by atoms with Crippen molar-refractivity contribution in [2.24, 2.45) is 0 Å². The van der Waals surface area contributed by atoms with E-state index in [0.29, 0.717) is 22.7 Å². The number of carbonyl (C=O) groups excluding carboxylic acids is 2. The molecule has 2 N–H and O–H groups in total. The van der Waals surface area contributed by atoms with E-state index in [1.54, 1.807) is 6.07 Å². The van der Waals surface area contributed by atoms with Crippen molar-refractivity contribution in [3.63, 3.8) is 0 Å². The number of nitriles is 1. The van der Waals surface area contributed by atoms with Crippen LogP contribution in [0.25, 0.3) is 0 Å². The normalized spacial score (nSPS) is 11.9. The molecule has 31 heavy (non-hydrogen) atoms. The molecule has 0 aliphatic carbocycles. The molecule has 0 aliphatic heterocycles. The second-order valence-electron chi connectivity index (χ2n) is 6.71. The van der Waals surface area contributed by atoms with Crippen LogP contribution in [0.15, 0.2) is 46.3 Å². The molecule has 2 rings (SSSR count). The number of nitrogens with zero attached hydrogens (tertiary/aromatic N) is 2. The van der Waals surface area contributed by atoms with E-state index >= 15 is 0 Å². The van der Waals surface area contributed by atoms with Gasteiger partial charge >= 0.3 is 0 Å². The van der Waals surface area contributed by atoms with E-state index in [4.69, 9.17) is 0 Å². The summed E-state index contributed by atoms with van der Waals surface area (Å²) in [7, 11) is -3.94.